The molecule has 3 aromatic heterocycles. The first-order valence-electron chi connectivity index (χ1n) is 9.68. The van der Waals surface area contributed by atoms with Crippen LogP contribution in [0, 0.1) is 11.8 Å². The molecule has 0 unspecified atom stereocenters. The smallest absolute Gasteiger partial charge is 0.280 e. The Balaban J connectivity index is 1.21. The zero-order valence-electron chi connectivity index (χ0n) is 15.6. The van der Waals surface area contributed by atoms with Gasteiger partial charge in [0.05, 0.1) is 11.7 Å². The van der Waals surface area contributed by atoms with Crippen LogP contribution in [0.1, 0.15) is 23.7 Å². The van der Waals surface area contributed by atoms with Crippen molar-refractivity contribution in [3.63, 3.8) is 0 Å². The highest BCUT2D eigenvalue weighted by atomic mass is 16.5. The summed E-state index contributed by atoms with van der Waals surface area (Å²) in [6, 6.07) is 10.6. The quantitative estimate of drug-likeness (QED) is 0.534. The van der Waals surface area contributed by atoms with Crippen LogP contribution in [0.3, 0.4) is 0 Å². The monoisotopic (exact) mass is 384 g/mol. The van der Waals surface area contributed by atoms with Crippen molar-refractivity contribution in [1.82, 2.24) is 29.2 Å². The Labute approximate surface area is 164 Å². The molecule has 8 nitrogen and oxygen atoms in total. The fourth-order valence-electron chi connectivity index (χ4n) is 5.34. The maximum absolute atomic E-state index is 12.7. The minimum Gasteiger partial charge on any atom is -0.337 e. The lowest BCUT2D eigenvalue weighted by molar-refractivity contribution is 0.363. The van der Waals surface area contributed by atoms with Crippen LogP contribution >= 0.6 is 0 Å². The van der Waals surface area contributed by atoms with Gasteiger partial charge in [-0.1, -0.05) is 35.5 Å². The summed E-state index contributed by atoms with van der Waals surface area (Å²) in [7, 11) is 1.78. The van der Waals surface area contributed by atoms with E-state index in [2.05, 4.69) is 44.4 Å². The molecule has 4 aliphatic carbocycles. The Hall–Kier alpha value is -3.55. The standard InChI is InChI=1S/C21H16N6O2/c1-26-9-22-18-17(26)19(28)27(10-23-18)8-14-24-20(25-29-14)21-13-7-12(15(21)16(13)21)11-5-3-2-4-6-11/h2-6,9-10,13,16H,7-8H2,1H3/t13-,16-,21+/m1/s1. The molecular formula is C21H16N6O2. The molecule has 29 heavy (non-hydrogen) atoms. The van der Waals surface area contributed by atoms with Gasteiger partial charge in [-0.15, -0.1) is 0 Å². The van der Waals surface area contributed by atoms with Crippen molar-refractivity contribution in [3.8, 4) is 0 Å². The molecular weight excluding hydrogens is 368 g/mol. The third kappa shape index (κ3) is 1.77. The van der Waals surface area contributed by atoms with Crippen molar-refractivity contribution in [1.29, 1.82) is 0 Å². The molecule has 142 valence electrons. The summed E-state index contributed by atoms with van der Waals surface area (Å²) >= 11 is 0. The Bertz CT molecular complexity index is 1410. The third-order valence-electron chi connectivity index (χ3n) is 6.76. The minimum atomic E-state index is -0.169. The summed E-state index contributed by atoms with van der Waals surface area (Å²) in [5.41, 5.74) is 4.98. The van der Waals surface area contributed by atoms with Crippen molar-refractivity contribution in [2.45, 2.75) is 18.4 Å². The first kappa shape index (κ1) is 15.4. The Kier molecular flexibility index (Phi) is 2.59. The molecule has 3 heterocycles. The predicted molar refractivity (Wildman–Crippen MR) is 103 cm³/mol. The largest absolute Gasteiger partial charge is 0.337 e. The SMILES string of the molecule is Cn1cnc2ncn(Cc3nc([C@]45C6=C(c7ccccc7)C[C@@H]4[C@H]65)no3)c(=O)c21. The fraction of sp³-hybridized carbons (Fsp3) is 0.286. The van der Waals surface area contributed by atoms with Crippen LogP contribution in [0.4, 0.5) is 0 Å². The summed E-state index contributed by atoms with van der Waals surface area (Å²) < 4.78 is 8.67. The molecule has 0 radical (unpaired) electrons. The maximum Gasteiger partial charge on any atom is 0.280 e. The predicted octanol–water partition coefficient (Wildman–Crippen LogP) is 1.92. The summed E-state index contributed by atoms with van der Waals surface area (Å²) in [5, 5.41) is 4.28. The molecule has 8 rings (SSSR count). The van der Waals surface area contributed by atoms with Gasteiger partial charge in [-0.3, -0.25) is 9.36 Å². The lowest BCUT2D eigenvalue weighted by atomic mass is 10.1. The zero-order chi connectivity index (χ0) is 19.3. The number of aryl methyl sites for hydroxylation is 1. The van der Waals surface area contributed by atoms with Gasteiger partial charge in [-0.25, -0.2) is 9.97 Å². The van der Waals surface area contributed by atoms with Crippen LogP contribution in [-0.4, -0.2) is 29.2 Å². The van der Waals surface area contributed by atoms with Crippen molar-refractivity contribution < 1.29 is 4.52 Å². The van der Waals surface area contributed by atoms with Crippen LogP contribution in [0.15, 0.2) is 57.9 Å². The van der Waals surface area contributed by atoms with E-state index in [4.69, 9.17) is 4.52 Å². The summed E-state index contributed by atoms with van der Waals surface area (Å²) in [5.74, 6) is 2.39. The Morgan fingerprint density at radius 1 is 1.21 bits per heavy atom. The van der Waals surface area contributed by atoms with Crippen LogP contribution in [0.2, 0.25) is 0 Å². The molecule has 0 aliphatic heterocycles. The van der Waals surface area contributed by atoms with Gasteiger partial charge in [0.15, 0.2) is 17.0 Å². The van der Waals surface area contributed by atoms with Gasteiger partial charge in [-0.05, 0) is 29.0 Å². The number of rotatable bonds is 4. The van der Waals surface area contributed by atoms with Crippen molar-refractivity contribution in [2.24, 2.45) is 18.9 Å². The number of allylic oxidation sites excluding steroid dienone is 2. The normalized spacial score (nSPS) is 26.2. The average molecular weight is 384 g/mol. The molecule has 3 atom stereocenters. The molecule has 2 fully saturated rings. The summed E-state index contributed by atoms with van der Waals surface area (Å²) in [4.78, 5) is 25.7. The Morgan fingerprint density at radius 2 is 2.03 bits per heavy atom. The number of benzene rings is 1. The molecule has 4 aromatic rings. The van der Waals surface area contributed by atoms with Gasteiger partial charge in [0.25, 0.3) is 5.56 Å². The Morgan fingerprint density at radius 3 is 2.86 bits per heavy atom. The zero-order valence-corrected chi connectivity index (χ0v) is 15.6. The van der Waals surface area contributed by atoms with Gasteiger partial charge in [-0.2, -0.15) is 4.98 Å². The molecule has 0 saturated heterocycles. The molecule has 1 aromatic carbocycles. The van der Waals surface area contributed by atoms with E-state index in [0.29, 0.717) is 28.9 Å². The topological polar surface area (TPSA) is 91.6 Å². The molecule has 8 heteroatoms. The number of imidazole rings is 1. The van der Waals surface area contributed by atoms with E-state index >= 15 is 0 Å². The molecule has 2 bridgehead atoms. The van der Waals surface area contributed by atoms with E-state index in [1.54, 1.807) is 17.9 Å². The number of aromatic nitrogens is 6. The summed E-state index contributed by atoms with van der Waals surface area (Å²) in [6.45, 7) is 0.204. The van der Waals surface area contributed by atoms with E-state index < -0.39 is 0 Å². The van der Waals surface area contributed by atoms with Crippen molar-refractivity contribution in [3.05, 3.63) is 76.2 Å². The highest BCUT2D eigenvalue weighted by molar-refractivity contribution is 5.89. The van der Waals surface area contributed by atoms with Crippen LogP contribution < -0.4 is 5.56 Å². The van der Waals surface area contributed by atoms with Crippen molar-refractivity contribution >= 4 is 16.7 Å². The first-order chi connectivity index (χ1) is 14.2. The lowest BCUT2D eigenvalue weighted by Crippen LogP contribution is -2.22. The van der Waals surface area contributed by atoms with E-state index in [0.717, 1.165) is 12.2 Å². The molecule has 0 spiro atoms. The highest BCUT2D eigenvalue weighted by Crippen LogP contribution is 2.90. The maximum atomic E-state index is 12.7. The number of fused-ring (bicyclic) bond motifs is 2. The number of nitrogens with zero attached hydrogens (tertiary/aromatic N) is 6. The highest BCUT2D eigenvalue weighted by Gasteiger charge is 2.89. The van der Waals surface area contributed by atoms with Gasteiger partial charge in [0, 0.05) is 13.0 Å². The molecule has 0 amide bonds. The molecule has 2 saturated carbocycles. The minimum absolute atomic E-state index is 0.00211. The fourth-order valence-corrected chi connectivity index (χ4v) is 5.34. The molecule has 4 aliphatic rings. The van der Waals surface area contributed by atoms with Crippen molar-refractivity contribution in [2.75, 3.05) is 0 Å². The van der Waals surface area contributed by atoms with Crippen LogP contribution in [-0.2, 0) is 19.0 Å². The second-order valence-corrected chi connectivity index (χ2v) is 8.13. The molecule has 0 N–H and O–H groups in total. The van der Waals surface area contributed by atoms with Gasteiger partial charge < -0.3 is 9.09 Å². The van der Waals surface area contributed by atoms with E-state index in [9.17, 15) is 4.79 Å². The number of hydrogen-bond acceptors (Lipinski definition) is 6. The third-order valence-corrected chi connectivity index (χ3v) is 6.76. The van der Waals surface area contributed by atoms with Crippen LogP contribution in [0.25, 0.3) is 16.7 Å². The van der Waals surface area contributed by atoms with E-state index in [1.807, 2.05) is 6.07 Å². The van der Waals surface area contributed by atoms with Gasteiger partial charge in [0.2, 0.25) is 5.89 Å². The lowest BCUT2D eigenvalue weighted by Gasteiger charge is -2.02. The van der Waals surface area contributed by atoms with Crippen LogP contribution in [0.5, 0.6) is 0 Å². The first-order valence-corrected chi connectivity index (χ1v) is 9.68. The van der Waals surface area contributed by atoms with E-state index in [1.165, 1.54) is 27.6 Å². The second kappa shape index (κ2) is 4.89. The second-order valence-electron chi connectivity index (χ2n) is 8.13. The summed E-state index contributed by atoms with van der Waals surface area (Å²) in [6.07, 6.45) is 4.16. The van der Waals surface area contributed by atoms with E-state index in [-0.39, 0.29) is 17.5 Å². The average Bonchev–Trinajstić information content (AvgIpc) is 3.20. The van der Waals surface area contributed by atoms with Gasteiger partial charge >= 0.3 is 0 Å². The number of hydrogen-bond donors (Lipinski definition) is 0. The van der Waals surface area contributed by atoms with Gasteiger partial charge in [0.1, 0.15) is 12.9 Å².